The average Bonchev–Trinajstić information content (AvgIpc) is 2.81. The molecule has 3 rings (SSSR count). The maximum Gasteiger partial charge on any atom is 0.246 e. The van der Waals surface area contributed by atoms with Gasteiger partial charge in [0.25, 0.3) is 0 Å². The van der Waals surface area contributed by atoms with Crippen LogP contribution in [0.3, 0.4) is 0 Å². The SMILES string of the molecule is Cn1nc(-c2ccccc2N2CC(=O)NCC2=O)cc1N. The lowest BCUT2D eigenvalue weighted by Gasteiger charge is -2.28. The molecule has 2 aromatic rings. The number of para-hydroxylation sites is 1. The Balaban J connectivity index is 2.07. The number of rotatable bonds is 2. The number of nitrogens with two attached hydrogens (primary N) is 1. The van der Waals surface area contributed by atoms with Gasteiger partial charge in [0, 0.05) is 18.7 Å². The Hall–Kier alpha value is -2.83. The van der Waals surface area contributed by atoms with Gasteiger partial charge in [0.15, 0.2) is 0 Å². The van der Waals surface area contributed by atoms with Crippen molar-refractivity contribution in [1.29, 1.82) is 0 Å². The minimum Gasteiger partial charge on any atom is -0.384 e. The lowest BCUT2D eigenvalue weighted by atomic mass is 10.1. The van der Waals surface area contributed by atoms with Gasteiger partial charge in [-0.25, -0.2) is 0 Å². The second-order valence-corrected chi connectivity index (χ2v) is 4.85. The smallest absolute Gasteiger partial charge is 0.246 e. The third kappa shape index (κ3) is 2.33. The molecule has 1 aromatic carbocycles. The van der Waals surface area contributed by atoms with Crippen LogP contribution < -0.4 is 16.0 Å². The van der Waals surface area contributed by atoms with Crippen molar-refractivity contribution < 1.29 is 9.59 Å². The van der Waals surface area contributed by atoms with E-state index in [1.807, 2.05) is 18.2 Å². The third-order valence-corrected chi connectivity index (χ3v) is 3.43. The minimum atomic E-state index is -0.176. The summed E-state index contributed by atoms with van der Waals surface area (Å²) in [6, 6.07) is 9.09. The second-order valence-electron chi connectivity index (χ2n) is 4.85. The molecule has 2 heterocycles. The van der Waals surface area contributed by atoms with Gasteiger partial charge in [-0.05, 0) is 6.07 Å². The van der Waals surface area contributed by atoms with Gasteiger partial charge in [-0.1, -0.05) is 18.2 Å². The van der Waals surface area contributed by atoms with E-state index in [4.69, 9.17) is 5.73 Å². The van der Waals surface area contributed by atoms with Crippen molar-refractivity contribution in [2.75, 3.05) is 23.7 Å². The second kappa shape index (κ2) is 4.93. The predicted octanol–water partition coefficient (Wildman–Crippen LogP) is 0.132. The quantitative estimate of drug-likeness (QED) is 0.820. The van der Waals surface area contributed by atoms with E-state index in [0.717, 1.165) is 5.56 Å². The molecule has 7 heteroatoms. The number of hydrogen-bond donors (Lipinski definition) is 2. The summed E-state index contributed by atoms with van der Waals surface area (Å²) in [6.07, 6.45) is 0. The minimum absolute atomic E-state index is 0.0114. The highest BCUT2D eigenvalue weighted by atomic mass is 16.2. The molecule has 3 N–H and O–H groups in total. The number of hydrogen-bond acceptors (Lipinski definition) is 4. The Morgan fingerprint density at radius 2 is 2.05 bits per heavy atom. The van der Waals surface area contributed by atoms with E-state index in [-0.39, 0.29) is 24.9 Å². The lowest BCUT2D eigenvalue weighted by Crippen LogP contribution is -2.51. The maximum absolute atomic E-state index is 12.1. The highest BCUT2D eigenvalue weighted by Crippen LogP contribution is 2.31. The largest absolute Gasteiger partial charge is 0.384 e. The van der Waals surface area contributed by atoms with Crippen LogP contribution >= 0.6 is 0 Å². The molecule has 0 radical (unpaired) electrons. The zero-order valence-electron chi connectivity index (χ0n) is 11.5. The first-order chi connectivity index (χ1) is 10.1. The van der Waals surface area contributed by atoms with Gasteiger partial charge in [0.05, 0.1) is 17.9 Å². The summed E-state index contributed by atoms with van der Waals surface area (Å²) >= 11 is 0. The van der Waals surface area contributed by atoms with Crippen molar-refractivity contribution in [2.24, 2.45) is 7.05 Å². The number of nitrogen functional groups attached to an aromatic ring is 1. The van der Waals surface area contributed by atoms with E-state index in [9.17, 15) is 9.59 Å². The van der Waals surface area contributed by atoms with Crippen molar-refractivity contribution in [1.82, 2.24) is 15.1 Å². The van der Waals surface area contributed by atoms with E-state index in [0.29, 0.717) is 17.2 Å². The molecular formula is C14H15N5O2. The Morgan fingerprint density at radius 3 is 2.76 bits per heavy atom. The molecule has 1 aliphatic rings. The number of carbonyl (C=O) groups excluding carboxylic acids is 2. The molecule has 2 amide bonds. The van der Waals surface area contributed by atoms with Crippen LogP contribution in [0.15, 0.2) is 30.3 Å². The standard InChI is InChI=1S/C14H15N5O2/c1-18-12(15)6-10(17-18)9-4-2-3-5-11(9)19-8-13(20)16-7-14(19)21/h2-6H,7-8,15H2,1H3,(H,16,20). The van der Waals surface area contributed by atoms with Crippen molar-refractivity contribution >= 4 is 23.3 Å². The van der Waals surface area contributed by atoms with Crippen molar-refractivity contribution in [3.05, 3.63) is 30.3 Å². The number of aryl methyl sites for hydroxylation is 1. The summed E-state index contributed by atoms with van der Waals surface area (Å²) in [4.78, 5) is 25.1. The molecule has 21 heavy (non-hydrogen) atoms. The molecule has 1 aromatic heterocycles. The average molecular weight is 285 g/mol. The number of anilines is 2. The summed E-state index contributed by atoms with van der Waals surface area (Å²) in [5, 5.41) is 6.87. The fraction of sp³-hybridized carbons (Fsp3) is 0.214. The van der Waals surface area contributed by atoms with Crippen LogP contribution in [0.1, 0.15) is 0 Å². The molecule has 1 fully saturated rings. The topological polar surface area (TPSA) is 93.2 Å². The number of aromatic nitrogens is 2. The summed E-state index contributed by atoms with van der Waals surface area (Å²) in [6.45, 7) is 0.0235. The summed E-state index contributed by atoms with van der Waals surface area (Å²) < 4.78 is 1.57. The molecule has 7 nitrogen and oxygen atoms in total. The Labute approximate surface area is 121 Å². The Kier molecular flexibility index (Phi) is 3.09. The number of nitrogens with one attached hydrogen (secondary N) is 1. The zero-order valence-corrected chi connectivity index (χ0v) is 11.5. The molecule has 0 bridgehead atoms. The van der Waals surface area contributed by atoms with Crippen LogP contribution in [-0.2, 0) is 16.6 Å². The molecule has 0 atom stereocenters. The van der Waals surface area contributed by atoms with Crippen LogP contribution in [0.25, 0.3) is 11.3 Å². The fourth-order valence-electron chi connectivity index (χ4n) is 2.32. The van der Waals surface area contributed by atoms with E-state index in [1.54, 1.807) is 23.9 Å². The predicted molar refractivity (Wildman–Crippen MR) is 78.4 cm³/mol. The zero-order chi connectivity index (χ0) is 15.0. The van der Waals surface area contributed by atoms with E-state index in [2.05, 4.69) is 10.4 Å². The number of amides is 2. The first-order valence-corrected chi connectivity index (χ1v) is 6.52. The molecular weight excluding hydrogens is 270 g/mol. The van der Waals surface area contributed by atoms with Gasteiger partial charge >= 0.3 is 0 Å². The Bertz CT molecular complexity index is 702. The van der Waals surface area contributed by atoms with Crippen molar-refractivity contribution in [2.45, 2.75) is 0 Å². The first-order valence-electron chi connectivity index (χ1n) is 6.52. The van der Waals surface area contributed by atoms with Crippen molar-refractivity contribution in [3.8, 4) is 11.3 Å². The van der Waals surface area contributed by atoms with Crippen LogP contribution in [0.4, 0.5) is 11.5 Å². The van der Waals surface area contributed by atoms with Crippen LogP contribution in [0.5, 0.6) is 0 Å². The number of benzene rings is 1. The highest BCUT2D eigenvalue weighted by molar-refractivity contribution is 6.06. The summed E-state index contributed by atoms with van der Waals surface area (Å²) in [5.74, 6) is 0.207. The Morgan fingerprint density at radius 1 is 1.29 bits per heavy atom. The molecule has 1 saturated heterocycles. The summed E-state index contributed by atoms with van der Waals surface area (Å²) in [5.41, 5.74) is 7.92. The maximum atomic E-state index is 12.1. The van der Waals surface area contributed by atoms with Crippen LogP contribution in [-0.4, -0.2) is 34.7 Å². The number of piperazine rings is 1. The van der Waals surface area contributed by atoms with Gasteiger partial charge in [-0.2, -0.15) is 5.10 Å². The molecule has 1 aliphatic heterocycles. The first kappa shape index (κ1) is 13.2. The van der Waals surface area contributed by atoms with Gasteiger partial charge in [0.1, 0.15) is 12.4 Å². The lowest BCUT2D eigenvalue weighted by molar-refractivity contribution is -0.128. The summed E-state index contributed by atoms with van der Waals surface area (Å²) in [7, 11) is 1.75. The van der Waals surface area contributed by atoms with Gasteiger partial charge in [0.2, 0.25) is 11.8 Å². The molecule has 0 spiro atoms. The molecule has 0 aliphatic carbocycles. The van der Waals surface area contributed by atoms with Crippen LogP contribution in [0.2, 0.25) is 0 Å². The van der Waals surface area contributed by atoms with E-state index >= 15 is 0 Å². The number of carbonyl (C=O) groups is 2. The normalized spacial score (nSPS) is 15.2. The molecule has 108 valence electrons. The van der Waals surface area contributed by atoms with Gasteiger partial charge < -0.3 is 16.0 Å². The van der Waals surface area contributed by atoms with E-state index < -0.39 is 0 Å². The number of nitrogens with zero attached hydrogens (tertiary/aromatic N) is 3. The van der Waals surface area contributed by atoms with E-state index in [1.165, 1.54) is 4.90 Å². The molecule has 0 saturated carbocycles. The fourth-order valence-corrected chi connectivity index (χ4v) is 2.32. The highest BCUT2D eigenvalue weighted by Gasteiger charge is 2.26. The van der Waals surface area contributed by atoms with Gasteiger partial charge in [-0.3, -0.25) is 14.3 Å². The monoisotopic (exact) mass is 285 g/mol. The van der Waals surface area contributed by atoms with Crippen LogP contribution in [0, 0.1) is 0 Å². The van der Waals surface area contributed by atoms with Crippen molar-refractivity contribution in [3.63, 3.8) is 0 Å². The third-order valence-electron chi connectivity index (χ3n) is 3.43. The molecule has 0 unspecified atom stereocenters. The van der Waals surface area contributed by atoms with Gasteiger partial charge in [-0.15, -0.1) is 0 Å².